The molecule has 0 N–H and O–H groups in total. The Hall–Kier alpha value is -0.440. The lowest BCUT2D eigenvalue weighted by Gasteiger charge is -1.95. The quantitative estimate of drug-likeness (QED) is 0.400. The summed E-state index contributed by atoms with van der Waals surface area (Å²) in [7, 11) is 0. The molecule has 38 valence electrons. The van der Waals surface area contributed by atoms with E-state index in [1.54, 1.807) is 0 Å². The molecule has 0 bridgehead atoms. The van der Waals surface area contributed by atoms with Gasteiger partial charge in [0, 0.05) is 11.8 Å². The van der Waals surface area contributed by atoms with Gasteiger partial charge in [-0.1, -0.05) is 25.7 Å². The van der Waals surface area contributed by atoms with Crippen LogP contribution < -0.4 is 0 Å². The van der Waals surface area contributed by atoms with Gasteiger partial charge in [-0.15, -0.1) is 0 Å². The Morgan fingerprint density at radius 2 is 1.57 bits per heavy atom. The van der Waals surface area contributed by atoms with E-state index in [-0.39, 0.29) is 0 Å². The summed E-state index contributed by atoms with van der Waals surface area (Å²) in [6, 6.07) is 0. The van der Waals surface area contributed by atoms with Crippen LogP contribution in [0.4, 0.5) is 0 Å². The highest BCUT2D eigenvalue weighted by Gasteiger charge is 2.07. The summed E-state index contributed by atoms with van der Waals surface area (Å²) in [5, 5.41) is 0. The van der Waals surface area contributed by atoms with Crippen molar-refractivity contribution in [3.8, 4) is 11.8 Å². The molecule has 0 saturated heterocycles. The standard InChI is InChI=1S/C7H10/c1-6-3-4-7(2)5-6/h6-7H,5H2,1-2H3. The second-order valence-electron chi connectivity index (χ2n) is 2.33. The van der Waals surface area contributed by atoms with Gasteiger partial charge in [-0.3, -0.25) is 0 Å². The van der Waals surface area contributed by atoms with Gasteiger partial charge in [0.2, 0.25) is 0 Å². The van der Waals surface area contributed by atoms with Gasteiger partial charge in [0.05, 0.1) is 0 Å². The molecular weight excluding hydrogens is 84.1 g/mol. The largest absolute Gasteiger partial charge is 0.0999 e. The fourth-order valence-corrected chi connectivity index (χ4v) is 0.933. The summed E-state index contributed by atoms with van der Waals surface area (Å²) < 4.78 is 0. The minimum absolute atomic E-state index is 0.662. The van der Waals surface area contributed by atoms with Crippen LogP contribution in [0.3, 0.4) is 0 Å². The van der Waals surface area contributed by atoms with E-state index in [2.05, 4.69) is 25.7 Å². The first-order valence-corrected chi connectivity index (χ1v) is 2.80. The van der Waals surface area contributed by atoms with Crippen LogP contribution >= 0.6 is 0 Å². The Morgan fingerprint density at radius 1 is 1.14 bits per heavy atom. The Bertz CT molecular complexity index is 102. The van der Waals surface area contributed by atoms with Crippen molar-refractivity contribution >= 4 is 0 Å². The molecule has 0 aromatic heterocycles. The first-order valence-electron chi connectivity index (χ1n) is 2.80. The molecule has 0 spiro atoms. The second-order valence-corrected chi connectivity index (χ2v) is 2.33. The monoisotopic (exact) mass is 94.1 g/mol. The minimum Gasteiger partial charge on any atom is -0.0999 e. The third-order valence-corrected chi connectivity index (χ3v) is 1.28. The van der Waals surface area contributed by atoms with Crippen molar-refractivity contribution in [2.24, 2.45) is 11.8 Å². The van der Waals surface area contributed by atoms with Gasteiger partial charge < -0.3 is 0 Å². The highest BCUT2D eigenvalue weighted by atomic mass is 14.1. The third kappa shape index (κ3) is 0.962. The second kappa shape index (κ2) is 1.58. The summed E-state index contributed by atoms with van der Waals surface area (Å²) in [4.78, 5) is 0. The topological polar surface area (TPSA) is 0 Å². The van der Waals surface area contributed by atoms with E-state index >= 15 is 0 Å². The lowest BCUT2D eigenvalue weighted by Crippen LogP contribution is -1.88. The maximum atomic E-state index is 3.12. The molecule has 0 aromatic carbocycles. The van der Waals surface area contributed by atoms with Gasteiger partial charge in [-0.05, 0) is 6.42 Å². The van der Waals surface area contributed by atoms with Crippen LogP contribution in [-0.2, 0) is 0 Å². The number of hydrogen-bond acceptors (Lipinski definition) is 0. The molecule has 1 aliphatic rings. The molecule has 0 aliphatic heterocycles. The average molecular weight is 94.2 g/mol. The average Bonchev–Trinajstić information content (AvgIpc) is 1.87. The Balaban J connectivity index is 2.48. The number of rotatable bonds is 0. The highest BCUT2D eigenvalue weighted by Crippen LogP contribution is 2.15. The van der Waals surface area contributed by atoms with Gasteiger partial charge in [-0.2, -0.15) is 0 Å². The van der Waals surface area contributed by atoms with Crippen molar-refractivity contribution in [3.63, 3.8) is 0 Å². The Labute approximate surface area is 44.9 Å². The van der Waals surface area contributed by atoms with Crippen molar-refractivity contribution in [3.05, 3.63) is 0 Å². The van der Waals surface area contributed by atoms with Crippen LogP contribution in [0.25, 0.3) is 0 Å². The molecule has 0 heterocycles. The summed E-state index contributed by atoms with van der Waals surface area (Å²) in [6.45, 7) is 4.35. The smallest absolute Gasteiger partial charge is 0.0186 e. The molecule has 0 radical (unpaired) electrons. The van der Waals surface area contributed by atoms with Gasteiger partial charge in [0.1, 0.15) is 0 Å². The summed E-state index contributed by atoms with van der Waals surface area (Å²) in [5.74, 6) is 7.56. The van der Waals surface area contributed by atoms with Crippen LogP contribution in [0.1, 0.15) is 20.3 Å². The lowest BCUT2D eigenvalue weighted by atomic mass is 10.1. The first-order chi connectivity index (χ1) is 3.29. The van der Waals surface area contributed by atoms with Crippen molar-refractivity contribution in [2.45, 2.75) is 20.3 Å². The summed E-state index contributed by atoms with van der Waals surface area (Å²) >= 11 is 0. The SMILES string of the molecule is CC1C#CC(C)C1. The molecule has 1 aliphatic carbocycles. The molecule has 0 aromatic rings. The molecule has 0 nitrogen and oxygen atoms in total. The van der Waals surface area contributed by atoms with Crippen LogP contribution in [0.2, 0.25) is 0 Å². The predicted molar refractivity (Wildman–Crippen MR) is 30.7 cm³/mol. The molecular formula is C7H10. The zero-order valence-corrected chi connectivity index (χ0v) is 4.86. The van der Waals surface area contributed by atoms with Crippen LogP contribution in [-0.4, -0.2) is 0 Å². The van der Waals surface area contributed by atoms with E-state index in [0.717, 1.165) is 0 Å². The van der Waals surface area contributed by atoms with E-state index in [1.165, 1.54) is 6.42 Å². The lowest BCUT2D eigenvalue weighted by molar-refractivity contribution is 0.600. The molecule has 2 unspecified atom stereocenters. The van der Waals surface area contributed by atoms with Crippen molar-refractivity contribution in [1.29, 1.82) is 0 Å². The molecule has 1 rings (SSSR count). The van der Waals surface area contributed by atoms with Gasteiger partial charge >= 0.3 is 0 Å². The minimum atomic E-state index is 0.662. The molecule has 0 amide bonds. The normalized spacial score (nSPS) is 37.4. The van der Waals surface area contributed by atoms with Gasteiger partial charge in [-0.25, -0.2) is 0 Å². The predicted octanol–water partition coefficient (Wildman–Crippen LogP) is 1.67. The maximum absolute atomic E-state index is 3.12. The first kappa shape index (κ1) is 4.71. The Kier molecular flexibility index (Phi) is 1.06. The number of hydrogen-bond donors (Lipinski definition) is 0. The zero-order valence-electron chi connectivity index (χ0n) is 4.86. The fourth-order valence-electron chi connectivity index (χ4n) is 0.933. The van der Waals surface area contributed by atoms with E-state index in [0.29, 0.717) is 11.8 Å². The van der Waals surface area contributed by atoms with Crippen LogP contribution in [0.5, 0.6) is 0 Å². The highest BCUT2D eigenvalue weighted by molar-refractivity contribution is 5.12. The summed E-state index contributed by atoms with van der Waals surface area (Å²) in [6.07, 6.45) is 1.25. The fraction of sp³-hybridized carbons (Fsp3) is 0.714. The van der Waals surface area contributed by atoms with Crippen LogP contribution in [0, 0.1) is 23.7 Å². The molecule has 7 heavy (non-hydrogen) atoms. The van der Waals surface area contributed by atoms with E-state index in [9.17, 15) is 0 Å². The molecule has 0 saturated carbocycles. The zero-order chi connectivity index (χ0) is 5.28. The van der Waals surface area contributed by atoms with Crippen molar-refractivity contribution < 1.29 is 0 Å². The molecule has 2 atom stereocenters. The van der Waals surface area contributed by atoms with E-state index < -0.39 is 0 Å². The molecule has 0 fully saturated rings. The van der Waals surface area contributed by atoms with Crippen molar-refractivity contribution in [1.82, 2.24) is 0 Å². The third-order valence-electron chi connectivity index (χ3n) is 1.28. The van der Waals surface area contributed by atoms with Crippen molar-refractivity contribution in [2.75, 3.05) is 0 Å². The Morgan fingerprint density at radius 3 is 1.71 bits per heavy atom. The van der Waals surface area contributed by atoms with Crippen LogP contribution in [0.15, 0.2) is 0 Å². The maximum Gasteiger partial charge on any atom is 0.0186 e. The van der Waals surface area contributed by atoms with Gasteiger partial charge in [0.25, 0.3) is 0 Å². The van der Waals surface area contributed by atoms with Gasteiger partial charge in [0.15, 0.2) is 0 Å². The van der Waals surface area contributed by atoms with E-state index in [1.807, 2.05) is 0 Å². The molecule has 0 heteroatoms. The summed E-state index contributed by atoms with van der Waals surface area (Å²) in [5.41, 5.74) is 0. The van der Waals surface area contributed by atoms with E-state index in [4.69, 9.17) is 0 Å².